The van der Waals surface area contributed by atoms with E-state index < -0.39 is 82.3 Å². The maximum atomic E-state index is 16.1. The van der Waals surface area contributed by atoms with E-state index >= 15 is 4.39 Å². The Morgan fingerprint density at radius 1 is 0.978 bits per heavy atom. The van der Waals surface area contributed by atoms with Crippen molar-refractivity contribution < 1.29 is 45.8 Å². The summed E-state index contributed by atoms with van der Waals surface area (Å²) in [4.78, 5) is 35.1. The molecule has 46 heavy (non-hydrogen) atoms. The number of rotatable bonds is 3. The maximum Gasteiger partial charge on any atom is 0.386 e. The van der Waals surface area contributed by atoms with Crippen molar-refractivity contribution in [3.05, 3.63) is 29.3 Å². The normalized spacial score (nSPS) is 37.1. The van der Waals surface area contributed by atoms with Crippen LogP contribution in [0.2, 0.25) is 0 Å². The number of aromatic amines is 1. The van der Waals surface area contributed by atoms with Crippen molar-refractivity contribution in [2.45, 2.75) is 49.1 Å². The highest BCUT2D eigenvalue weighted by molar-refractivity contribution is 8.44. The van der Waals surface area contributed by atoms with Gasteiger partial charge in [-0.2, -0.15) is 4.98 Å². The monoisotopic (exact) mass is 704 g/mol. The van der Waals surface area contributed by atoms with E-state index in [4.69, 9.17) is 43.8 Å². The molecular formula is C22H27FN10O10P2S. The number of fused-ring (bicyclic) bond motifs is 5. The second kappa shape index (κ2) is 11.6. The fourth-order valence-corrected chi connectivity index (χ4v) is 8.27. The van der Waals surface area contributed by atoms with Crippen LogP contribution in [0, 0.1) is 0 Å². The molecule has 10 atom stereocenters. The first-order valence-corrected chi connectivity index (χ1v) is 18.2. The third-order valence-corrected chi connectivity index (χ3v) is 10.5. The molecule has 0 amide bonds. The Bertz CT molecular complexity index is 1960. The van der Waals surface area contributed by atoms with Gasteiger partial charge >= 0.3 is 14.4 Å². The lowest BCUT2D eigenvalue weighted by Crippen LogP contribution is -2.37. The highest BCUT2D eigenvalue weighted by atomic mass is 32.7. The van der Waals surface area contributed by atoms with Crippen LogP contribution in [0.15, 0.2) is 23.8 Å². The highest BCUT2D eigenvalue weighted by Gasteiger charge is 2.54. The number of nitrogens with zero attached hydrogens (tertiary/aromatic N) is 7. The number of nitrogens with two attached hydrogens (primary N) is 2. The van der Waals surface area contributed by atoms with Crippen LogP contribution in [0.5, 0.6) is 0 Å². The van der Waals surface area contributed by atoms with Crippen LogP contribution < -0.4 is 17.0 Å². The van der Waals surface area contributed by atoms with E-state index in [1.165, 1.54) is 35.2 Å². The van der Waals surface area contributed by atoms with Gasteiger partial charge in [0.15, 0.2) is 41.3 Å². The van der Waals surface area contributed by atoms with Crippen LogP contribution in [0.4, 0.5) is 16.2 Å². The molecule has 3 fully saturated rings. The van der Waals surface area contributed by atoms with Crippen molar-refractivity contribution in [2.24, 2.45) is 0 Å². The van der Waals surface area contributed by atoms with Gasteiger partial charge in [-0.05, 0) is 0 Å². The summed E-state index contributed by atoms with van der Waals surface area (Å²) in [5.74, 6) is -0.124. The van der Waals surface area contributed by atoms with Crippen LogP contribution in [-0.2, 0) is 41.4 Å². The molecule has 24 heteroatoms. The van der Waals surface area contributed by atoms with E-state index in [2.05, 4.69) is 42.2 Å². The van der Waals surface area contributed by atoms with Gasteiger partial charge in [0.2, 0.25) is 5.95 Å². The number of alkyl halides is 1. The number of halogens is 1. The number of imidazole rings is 2. The number of anilines is 2. The number of H-pyrrole nitrogens is 1. The molecule has 3 aliphatic heterocycles. The second-order valence-electron chi connectivity index (χ2n) is 10.6. The average Bonchev–Trinajstić information content (AvgIpc) is 3.75. The largest absolute Gasteiger partial charge is 0.386 e. The standard InChI is InChI=1S/C22H27FN10O10P2S/c1-37-14-9-3-38-44(2,35)42-13-8(40-20(10(13)23)32-6-28-11-16(24)26-5-27-17(11)32)4-39-45(36,46)43-15(14)21(41-9)33-7-29-12-18(33)30-22(25)31-19(12)34/h5-10,13-15,20-21H,3-4H2,1-2H3,(H,36,46)(H2,24,26,27)(H3,25,30,31,34). The summed E-state index contributed by atoms with van der Waals surface area (Å²) >= 11 is 4.15. The zero-order valence-corrected chi connectivity index (χ0v) is 26.5. The fourth-order valence-electron chi connectivity index (χ4n) is 5.64. The first-order valence-electron chi connectivity index (χ1n) is 13.5. The molecule has 0 aliphatic carbocycles. The third-order valence-electron chi connectivity index (χ3n) is 7.65. The smallest absolute Gasteiger partial charge is 0.382 e. The number of nitrogens with one attached hydrogen (secondary N) is 1. The molecule has 3 saturated heterocycles. The lowest BCUT2D eigenvalue weighted by molar-refractivity contribution is -0.0585. The average molecular weight is 705 g/mol. The number of nitrogen functional groups attached to an aromatic ring is 2. The van der Waals surface area contributed by atoms with E-state index in [9.17, 15) is 13.9 Å². The predicted molar refractivity (Wildman–Crippen MR) is 158 cm³/mol. The van der Waals surface area contributed by atoms with Gasteiger partial charge in [-0.1, -0.05) is 12.2 Å². The predicted octanol–water partition coefficient (Wildman–Crippen LogP) is 0.950. The topological polar surface area (TPSA) is 258 Å². The summed E-state index contributed by atoms with van der Waals surface area (Å²) < 4.78 is 86.6. The van der Waals surface area contributed by atoms with Crippen molar-refractivity contribution in [1.82, 2.24) is 39.0 Å². The molecule has 4 aromatic rings. The number of thiol groups is 1. The molecule has 0 radical (unpaired) electrons. The lowest BCUT2D eigenvalue weighted by atomic mass is 10.1. The molecule has 3 aliphatic rings. The Labute approximate surface area is 262 Å². The lowest BCUT2D eigenvalue weighted by Gasteiger charge is -2.27. The number of hydrogen-bond acceptors (Lipinski definition) is 17. The summed E-state index contributed by atoms with van der Waals surface area (Å²) in [5.41, 5.74) is 11.4. The second-order valence-corrected chi connectivity index (χ2v) is 15.5. The minimum atomic E-state index is -4.33. The SMILES string of the molecule is COC1C2COP(C)(=O)OC3C(COP(=O)(S)OC1C(n1cnc4c(=O)[nH]c(N)nc41)O2)OC(n1cnc2c(N)ncnc21)C3F. The Morgan fingerprint density at radius 3 is 2.43 bits per heavy atom. The van der Waals surface area contributed by atoms with E-state index in [-0.39, 0.29) is 34.1 Å². The molecule has 4 aromatic heterocycles. The molecule has 2 bridgehead atoms. The Hall–Kier alpha value is -3.04. The van der Waals surface area contributed by atoms with Crippen LogP contribution in [0.3, 0.4) is 0 Å². The van der Waals surface area contributed by atoms with E-state index in [0.717, 1.165) is 6.66 Å². The number of methoxy groups -OCH3 is 1. The first kappa shape index (κ1) is 31.6. The molecule has 0 spiro atoms. The fraction of sp³-hybridized carbons (Fsp3) is 0.545. The Kier molecular flexibility index (Phi) is 7.95. The maximum absolute atomic E-state index is 16.1. The molecule has 10 unspecified atom stereocenters. The van der Waals surface area contributed by atoms with Gasteiger partial charge in [0, 0.05) is 13.8 Å². The number of aromatic nitrogens is 8. The van der Waals surface area contributed by atoms with Crippen LogP contribution in [0.1, 0.15) is 12.5 Å². The molecule has 0 saturated carbocycles. The molecule has 7 rings (SSSR count). The summed E-state index contributed by atoms with van der Waals surface area (Å²) in [7, 11) is -2.72. The highest BCUT2D eigenvalue weighted by Crippen LogP contribution is 2.58. The molecule has 0 aromatic carbocycles. The molecule has 20 nitrogen and oxygen atoms in total. The first-order chi connectivity index (χ1) is 21.9. The van der Waals surface area contributed by atoms with E-state index in [1.807, 2.05) is 0 Å². The summed E-state index contributed by atoms with van der Waals surface area (Å²) in [6.07, 6.45) is -7.00. The number of hydrogen-bond donors (Lipinski definition) is 4. The van der Waals surface area contributed by atoms with E-state index in [0.29, 0.717) is 0 Å². The molecule has 248 valence electrons. The van der Waals surface area contributed by atoms with Gasteiger partial charge in [0.1, 0.15) is 42.4 Å². The van der Waals surface area contributed by atoms with Gasteiger partial charge < -0.3 is 30.2 Å². The van der Waals surface area contributed by atoms with Crippen molar-refractivity contribution in [2.75, 3.05) is 38.5 Å². The van der Waals surface area contributed by atoms with Crippen molar-refractivity contribution in [3.8, 4) is 0 Å². The van der Waals surface area contributed by atoms with Gasteiger partial charge in [0.05, 0.1) is 25.9 Å². The van der Waals surface area contributed by atoms with Crippen LogP contribution in [0.25, 0.3) is 22.3 Å². The Morgan fingerprint density at radius 2 is 1.67 bits per heavy atom. The minimum absolute atomic E-state index is 0.0260. The molecule has 7 heterocycles. The van der Waals surface area contributed by atoms with E-state index in [1.54, 1.807) is 0 Å². The van der Waals surface area contributed by atoms with Gasteiger partial charge in [-0.3, -0.25) is 37.0 Å². The molecule has 5 N–H and O–H groups in total. The minimum Gasteiger partial charge on any atom is -0.382 e. The quantitative estimate of drug-likeness (QED) is 0.171. The zero-order chi connectivity index (χ0) is 32.5. The van der Waals surface area contributed by atoms with Crippen molar-refractivity contribution in [1.29, 1.82) is 0 Å². The summed E-state index contributed by atoms with van der Waals surface area (Å²) in [6, 6.07) is 0. The van der Waals surface area contributed by atoms with Crippen molar-refractivity contribution >= 4 is 60.7 Å². The third kappa shape index (κ3) is 5.51. The number of ether oxygens (including phenoxy) is 3. The zero-order valence-electron chi connectivity index (χ0n) is 23.9. The van der Waals surface area contributed by atoms with Crippen LogP contribution >= 0.6 is 26.6 Å². The molecular weight excluding hydrogens is 677 g/mol. The van der Waals surface area contributed by atoms with Crippen LogP contribution in [-0.4, -0.2) is 103 Å². The van der Waals surface area contributed by atoms with Gasteiger partial charge in [0.25, 0.3) is 5.56 Å². The summed E-state index contributed by atoms with van der Waals surface area (Å²) in [6.45, 7) is -4.18. The van der Waals surface area contributed by atoms with Crippen molar-refractivity contribution in [3.63, 3.8) is 0 Å². The Balaban J connectivity index is 1.22. The summed E-state index contributed by atoms with van der Waals surface area (Å²) in [5, 5.41) is 0. The van der Waals surface area contributed by atoms with Gasteiger partial charge in [-0.15, -0.1) is 0 Å². The van der Waals surface area contributed by atoms with Gasteiger partial charge in [-0.25, -0.2) is 28.9 Å².